The Labute approximate surface area is 198 Å². The van der Waals surface area contributed by atoms with Crippen LogP contribution in [0.2, 0.25) is 0 Å². The summed E-state index contributed by atoms with van der Waals surface area (Å²) in [7, 11) is 0. The number of hydrogen-bond donors (Lipinski definition) is 0. The summed E-state index contributed by atoms with van der Waals surface area (Å²) in [5.41, 5.74) is -3.09. The third-order valence-corrected chi connectivity index (χ3v) is 5.00. The van der Waals surface area contributed by atoms with Crippen molar-refractivity contribution in [2.75, 3.05) is 0 Å². The second kappa shape index (κ2) is 10.2. The van der Waals surface area contributed by atoms with Crippen molar-refractivity contribution < 1.29 is 48.6 Å². The average Bonchev–Trinajstić information content (AvgIpc) is 2.76. The monoisotopic (exact) mass is 522 g/mol. The summed E-state index contributed by atoms with van der Waals surface area (Å²) in [5, 5.41) is 0. The van der Waals surface area contributed by atoms with Crippen molar-refractivity contribution >= 4 is 5.83 Å². The number of rotatable bonds is 7. The van der Waals surface area contributed by atoms with Gasteiger partial charge in [0.05, 0.1) is 17.2 Å². The third kappa shape index (κ3) is 6.00. The summed E-state index contributed by atoms with van der Waals surface area (Å²) in [4.78, 5) is 0. The third-order valence-electron chi connectivity index (χ3n) is 5.00. The van der Waals surface area contributed by atoms with Gasteiger partial charge < -0.3 is 4.74 Å². The van der Waals surface area contributed by atoms with Gasteiger partial charge in [-0.1, -0.05) is 25.5 Å². The molecule has 3 aromatic rings. The van der Waals surface area contributed by atoms with E-state index >= 15 is 0 Å². The molecule has 0 aliphatic heterocycles. The maximum atomic E-state index is 14.6. The van der Waals surface area contributed by atoms with Crippen molar-refractivity contribution in [3.05, 3.63) is 94.6 Å². The average molecular weight is 522 g/mol. The maximum absolute atomic E-state index is 14.6. The lowest BCUT2D eigenvalue weighted by molar-refractivity contribution is -0.187. The smallest absolute Gasteiger partial charge is 0.426 e. The minimum atomic E-state index is -5.22. The van der Waals surface area contributed by atoms with Gasteiger partial charge in [0.15, 0.2) is 11.6 Å². The maximum Gasteiger partial charge on any atom is 0.426 e. The Bertz CT molecular complexity index is 1250. The Morgan fingerprint density at radius 2 is 1.42 bits per heavy atom. The molecule has 0 N–H and O–H groups in total. The zero-order valence-electron chi connectivity index (χ0n) is 18.3. The van der Waals surface area contributed by atoms with Crippen LogP contribution >= 0.6 is 0 Å². The first-order valence-electron chi connectivity index (χ1n) is 10.3. The van der Waals surface area contributed by atoms with Gasteiger partial charge >= 0.3 is 12.3 Å². The predicted octanol–water partition coefficient (Wildman–Crippen LogP) is 8.86. The van der Waals surface area contributed by atoms with Crippen molar-refractivity contribution in [3.63, 3.8) is 0 Å². The molecule has 0 radical (unpaired) electrons. The quantitative estimate of drug-likeness (QED) is 0.282. The first-order chi connectivity index (χ1) is 16.7. The molecule has 36 heavy (non-hydrogen) atoms. The Kier molecular flexibility index (Phi) is 7.70. The van der Waals surface area contributed by atoms with E-state index in [-0.39, 0.29) is 12.1 Å². The lowest BCUT2D eigenvalue weighted by atomic mass is 10.0. The Hall–Kier alpha value is -3.50. The van der Waals surface area contributed by atoms with E-state index in [1.807, 2.05) is 6.92 Å². The zero-order chi connectivity index (χ0) is 26.8. The lowest BCUT2D eigenvalue weighted by Crippen LogP contribution is -2.22. The second-order valence-electron chi connectivity index (χ2n) is 7.65. The van der Waals surface area contributed by atoms with Crippen LogP contribution in [0.1, 0.15) is 30.0 Å². The van der Waals surface area contributed by atoms with Gasteiger partial charge in [0.1, 0.15) is 17.5 Å². The minimum Gasteiger partial charge on any atom is -0.426 e. The number of allylic oxidation sites excluding steroid dienone is 1. The van der Waals surface area contributed by atoms with E-state index in [1.54, 1.807) is 0 Å². The normalized spacial score (nSPS) is 12.7. The zero-order valence-corrected chi connectivity index (χ0v) is 18.3. The minimum absolute atomic E-state index is 0.271. The van der Waals surface area contributed by atoms with Crippen LogP contribution < -0.4 is 4.74 Å². The van der Waals surface area contributed by atoms with Crippen LogP contribution in [0.25, 0.3) is 17.0 Å². The molecule has 0 amide bonds. The molecule has 0 aliphatic rings. The van der Waals surface area contributed by atoms with Gasteiger partial charge in [-0.25, -0.2) is 17.6 Å². The summed E-state index contributed by atoms with van der Waals surface area (Å²) in [6, 6.07) is 6.77. The molecule has 0 atom stereocenters. The highest BCUT2D eigenvalue weighted by atomic mass is 19.4. The van der Waals surface area contributed by atoms with Gasteiger partial charge in [0.2, 0.25) is 5.82 Å². The summed E-state index contributed by atoms with van der Waals surface area (Å²) in [6.45, 7) is 1.90. The van der Waals surface area contributed by atoms with E-state index in [1.165, 1.54) is 12.1 Å². The molecular formula is C25H16F10O. The Balaban J connectivity index is 1.93. The largest absolute Gasteiger partial charge is 0.426 e. The molecule has 0 saturated carbocycles. The summed E-state index contributed by atoms with van der Waals surface area (Å²) < 4.78 is 141. The molecule has 0 fully saturated rings. The number of alkyl halides is 5. The second-order valence-corrected chi connectivity index (χ2v) is 7.65. The first kappa shape index (κ1) is 27.1. The number of ether oxygens (including phenoxy) is 1. The fourth-order valence-corrected chi connectivity index (χ4v) is 3.36. The fourth-order valence-electron chi connectivity index (χ4n) is 3.36. The number of aryl methyl sites for hydroxylation is 1. The van der Waals surface area contributed by atoms with E-state index in [9.17, 15) is 43.9 Å². The van der Waals surface area contributed by atoms with Crippen LogP contribution in [0, 0.1) is 23.3 Å². The Morgan fingerprint density at radius 1 is 0.833 bits per heavy atom. The molecule has 1 nitrogen and oxygen atoms in total. The fraction of sp³-hybridized carbons (Fsp3) is 0.200. The Morgan fingerprint density at radius 3 is 1.94 bits per heavy atom. The van der Waals surface area contributed by atoms with Gasteiger partial charge in [0, 0.05) is 5.56 Å². The highest BCUT2D eigenvalue weighted by molar-refractivity contribution is 5.70. The van der Waals surface area contributed by atoms with E-state index in [4.69, 9.17) is 0 Å². The summed E-state index contributed by atoms with van der Waals surface area (Å²) >= 11 is 0. The number of benzene rings is 3. The molecular weight excluding hydrogens is 506 g/mol. The molecule has 0 saturated heterocycles. The standard InChI is InChI=1S/C25H16F10O/c1-2-3-13-4-6-15(7-5-13)25(34,35)36-20-9-8-16(22(29)23(20)30)14-10-17(26)21(18(27)11-14)19(28)12-24(31,32)33/h4-12H,2-3H2,1H3/b19-12-. The van der Waals surface area contributed by atoms with Gasteiger partial charge in [-0.2, -0.15) is 26.3 Å². The number of hydrogen-bond acceptors (Lipinski definition) is 1. The highest BCUT2D eigenvalue weighted by Gasteiger charge is 2.36. The van der Waals surface area contributed by atoms with Crippen molar-refractivity contribution in [2.24, 2.45) is 0 Å². The molecule has 0 spiro atoms. The molecule has 11 heteroatoms. The molecule has 0 unspecified atom stereocenters. The molecule has 3 rings (SSSR count). The van der Waals surface area contributed by atoms with Crippen molar-refractivity contribution in [3.8, 4) is 16.9 Å². The van der Waals surface area contributed by atoms with Crippen molar-refractivity contribution in [2.45, 2.75) is 32.1 Å². The summed E-state index contributed by atoms with van der Waals surface area (Å²) in [6.07, 6.45) is -8.84. The van der Waals surface area contributed by atoms with Crippen LogP contribution in [-0.4, -0.2) is 6.18 Å². The van der Waals surface area contributed by atoms with Crippen LogP contribution in [0.5, 0.6) is 5.75 Å². The van der Waals surface area contributed by atoms with Gasteiger partial charge in [-0.05, 0) is 53.9 Å². The van der Waals surface area contributed by atoms with E-state index in [0.717, 1.165) is 24.1 Å². The topological polar surface area (TPSA) is 9.23 Å². The molecule has 0 aliphatic carbocycles. The first-order valence-corrected chi connectivity index (χ1v) is 10.3. The van der Waals surface area contributed by atoms with Crippen LogP contribution in [0.3, 0.4) is 0 Å². The lowest BCUT2D eigenvalue weighted by Gasteiger charge is -2.19. The van der Waals surface area contributed by atoms with Crippen LogP contribution in [0.4, 0.5) is 43.9 Å². The van der Waals surface area contributed by atoms with E-state index in [0.29, 0.717) is 18.6 Å². The highest BCUT2D eigenvalue weighted by Crippen LogP contribution is 2.38. The molecule has 0 bridgehead atoms. The van der Waals surface area contributed by atoms with Crippen molar-refractivity contribution in [1.29, 1.82) is 0 Å². The molecule has 0 heterocycles. The SMILES string of the molecule is CCCc1ccc(C(F)(F)Oc2ccc(-c3cc(F)c(/C(F)=C/C(F)(F)F)c(F)c3)c(F)c2F)cc1. The predicted molar refractivity (Wildman–Crippen MR) is 112 cm³/mol. The van der Waals surface area contributed by atoms with Gasteiger partial charge in [0.25, 0.3) is 0 Å². The molecule has 3 aromatic carbocycles. The van der Waals surface area contributed by atoms with Gasteiger partial charge in [-0.3, -0.25) is 0 Å². The van der Waals surface area contributed by atoms with Crippen LogP contribution in [-0.2, 0) is 12.5 Å². The summed E-state index contributed by atoms with van der Waals surface area (Å²) in [5.74, 6) is -10.9. The molecule has 0 aromatic heterocycles. The number of halogens is 10. The molecule has 192 valence electrons. The van der Waals surface area contributed by atoms with Crippen molar-refractivity contribution in [1.82, 2.24) is 0 Å². The van der Waals surface area contributed by atoms with E-state index < -0.39 is 75.5 Å². The van der Waals surface area contributed by atoms with E-state index in [2.05, 4.69) is 4.74 Å². The van der Waals surface area contributed by atoms with Crippen LogP contribution in [0.15, 0.2) is 54.6 Å². The van der Waals surface area contributed by atoms with Gasteiger partial charge in [-0.15, -0.1) is 0 Å².